The minimum absolute atomic E-state index is 0.0309. The summed E-state index contributed by atoms with van der Waals surface area (Å²) >= 11 is 5.89. The third kappa shape index (κ3) is 5.57. The Morgan fingerprint density at radius 2 is 1.93 bits per heavy atom. The van der Waals surface area contributed by atoms with Gasteiger partial charge in [0.25, 0.3) is 0 Å². The van der Waals surface area contributed by atoms with Crippen molar-refractivity contribution in [1.82, 2.24) is 40.1 Å². The Bertz CT molecular complexity index is 1540. The number of aromatic amines is 1. The van der Waals surface area contributed by atoms with Gasteiger partial charge in [-0.05, 0) is 39.7 Å². The van der Waals surface area contributed by atoms with Gasteiger partial charge < -0.3 is 35.3 Å². The molecular weight excluding hydrogens is 583 g/mol. The Labute approximate surface area is 230 Å². The molecule has 0 radical (unpaired) electrons. The molecule has 1 aromatic carbocycles. The maximum Gasteiger partial charge on any atom is 0.573 e. The van der Waals surface area contributed by atoms with Gasteiger partial charge in [-0.25, -0.2) is 14.9 Å². The molecule has 218 valence electrons. The number of nitrogens with one attached hydrogen (secondary N) is 1. The highest BCUT2D eigenvalue weighted by molar-refractivity contribution is 6.28. The van der Waals surface area contributed by atoms with Gasteiger partial charge in [-0.3, -0.25) is 4.57 Å². The number of imidazole rings is 1. The highest BCUT2D eigenvalue weighted by atomic mass is 35.5. The summed E-state index contributed by atoms with van der Waals surface area (Å²) in [7, 11) is 0. The van der Waals surface area contributed by atoms with Gasteiger partial charge >= 0.3 is 12.3 Å². The first kappa shape index (κ1) is 28.4. The maximum atomic E-state index is 12.6. The number of carbonyl (C=O) groups is 1. The quantitative estimate of drug-likeness (QED) is 0.163. The number of nitrogens with zero attached hydrogens (tertiary/aromatic N) is 7. The van der Waals surface area contributed by atoms with Crippen molar-refractivity contribution in [2.24, 2.45) is 0 Å². The lowest BCUT2D eigenvalue weighted by molar-refractivity contribution is -0.274. The van der Waals surface area contributed by atoms with Crippen molar-refractivity contribution < 1.29 is 47.5 Å². The van der Waals surface area contributed by atoms with E-state index in [-0.39, 0.29) is 33.7 Å². The molecule has 0 saturated carbocycles. The van der Waals surface area contributed by atoms with Crippen LogP contribution in [0.25, 0.3) is 11.2 Å². The minimum atomic E-state index is -4.92. The van der Waals surface area contributed by atoms with Crippen LogP contribution in [0.3, 0.4) is 0 Å². The van der Waals surface area contributed by atoms with E-state index >= 15 is 0 Å². The number of benzene rings is 1. The Morgan fingerprint density at radius 3 is 2.56 bits per heavy atom. The van der Waals surface area contributed by atoms with E-state index in [1.165, 1.54) is 23.0 Å². The number of fused-ring (bicyclic) bond motifs is 1. The number of tetrazole rings is 1. The van der Waals surface area contributed by atoms with Gasteiger partial charge in [0.2, 0.25) is 10.9 Å². The highest BCUT2D eigenvalue weighted by Crippen LogP contribution is 2.35. The number of aliphatic hydroxyl groups excluding tert-OH is 2. The molecule has 1 aliphatic heterocycles. The van der Waals surface area contributed by atoms with E-state index in [4.69, 9.17) is 26.8 Å². The van der Waals surface area contributed by atoms with Crippen molar-refractivity contribution >= 4 is 34.6 Å². The summed E-state index contributed by atoms with van der Waals surface area (Å²) in [5.41, 5.74) is 3.97. The SMILES string of the molecule is Nc1nc(Cl)nc2c1ncn2[C@@H]1O[C@H](COC(Cc2ccc(OC(F)(F)F)cc2)(C(=O)O)c2nnn[nH]2)[C@@H](O)[C@H]1O. The maximum absolute atomic E-state index is 12.6. The third-order valence-corrected chi connectivity index (χ3v) is 6.38. The van der Waals surface area contributed by atoms with Crippen LogP contribution in [0.5, 0.6) is 5.75 Å². The standard InChI is InChI=1S/C21H19ClF3N9O7/c22-19-28-14(26)11-15(29-19)34(7-27-11)16-13(36)12(35)10(40-16)6-39-20(18(37)38,17-30-32-33-31-17)5-8-1-3-9(4-2-8)41-21(23,24)25/h1-4,7,10,12-13,16,35-36H,5-6H2,(H,37,38)(H2,26,28,29)(H,30,31,32,33)/t10-,12-,13-,16-,20?/m1/s1. The Hall–Kier alpha value is -4.17. The van der Waals surface area contributed by atoms with Crippen LogP contribution in [0.4, 0.5) is 19.0 Å². The van der Waals surface area contributed by atoms with Crippen LogP contribution in [-0.2, 0) is 26.3 Å². The van der Waals surface area contributed by atoms with Crippen molar-refractivity contribution in [3.63, 3.8) is 0 Å². The number of hydrogen-bond acceptors (Lipinski definition) is 13. The molecule has 0 spiro atoms. The van der Waals surface area contributed by atoms with E-state index in [0.717, 1.165) is 12.1 Å². The van der Waals surface area contributed by atoms with Crippen LogP contribution in [0, 0.1) is 0 Å². The average molecular weight is 602 g/mol. The molecule has 1 saturated heterocycles. The Balaban J connectivity index is 1.39. The number of nitrogen functional groups attached to an aromatic ring is 1. The molecule has 1 unspecified atom stereocenters. The lowest BCUT2D eigenvalue weighted by Crippen LogP contribution is -2.45. The van der Waals surface area contributed by atoms with Gasteiger partial charge in [0, 0.05) is 6.42 Å². The molecule has 0 aliphatic carbocycles. The van der Waals surface area contributed by atoms with Gasteiger partial charge in [-0.2, -0.15) is 9.97 Å². The number of ether oxygens (including phenoxy) is 3. The zero-order valence-electron chi connectivity index (χ0n) is 20.3. The molecule has 41 heavy (non-hydrogen) atoms. The summed E-state index contributed by atoms with van der Waals surface area (Å²) < 4.78 is 54.2. The fourth-order valence-electron chi connectivity index (χ4n) is 4.29. The van der Waals surface area contributed by atoms with E-state index in [0.29, 0.717) is 0 Å². The monoisotopic (exact) mass is 601 g/mol. The number of carboxylic acid groups (broad SMARTS) is 1. The molecule has 5 rings (SSSR count). The fourth-order valence-corrected chi connectivity index (χ4v) is 4.46. The molecule has 4 aromatic rings. The number of hydrogen-bond donors (Lipinski definition) is 5. The van der Waals surface area contributed by atoms with Crippen LogP contribution in [0.15, 0.2) is 30.6 Å². The van der Waals surface area contributed by atoms with Crippen LogP contribution in [0.1, 0.15) is 17.6 Å². The van der Waals surface area contributed by atoms with Crippen LogP contribution < -0.4 is 10.5 Å². The second kappa shape index (κ2) is 10.7. The third-order valence-electron chi connectivity index (χ3n) is 6.21. The molecule has 1 aliphatic rings. The molecule has 6 N–H and O–H groups in total. The topological polar surface area (TPSA) is 230 Å². The lowest BCUT2D eigenvalue weighted by Gasteiger charge is -2.29. The van der Waals surface area contributed by atoms with E-state index in [1.54, 1.807) is 0 Å². The Morgan fingerprint density at radius 1 is 1.20 bits per heavy atom. The van der Waals surface area contributed by atoms with Crippen molar-refractivity contribution in [2.45, 2.75) is 42.9 Å². The molecule has 0 amide bonds. The molecule has 16 nitrogen and oxygen atoms in total. The summed E-state index contributed by atoms with van der Waals surface area (Å²) in [6.07, 6.45) is -9.83. The van der Waals surface area contributed by atoms with E-state index in [2.05, 4.69) is 40.3 Å². The van der Waals surface area contributed by atoms with Gasteiger partial charge in [0.1, 0.15) is 29.6 Å². The molecule has 20 heteroatoms. The lowest BCUT2D eigenvalue weighted by atomic mass is 9.93. The average Bonchev–Trinajstić information content (AvgIpc) is 3.63. The van der Waals surface area contributed by atoms with Gasteiger partial charge in [-0.15, -0.1) is 18.3 Å². The zero-order valence-corrected chi connectivity index (χ0v) is 21.1. The number of aromatic nitrogens is 8. The molecule has 3 aromatic heterocycles. The molecule has 4 heterocycles. The molecule has 1 fully saturated rings. The van der Waals surface area contributed by atoms with Crippen LogP contribution in [0.2, 0.25) is 5.28 Å². The van der Waals surface area contributed by atoms with Crippen LogP contribution in [-0.4, -0.2) is 92.7 Å². The van der Waals surface area contributed by atoms with Crippen molar-refractivity contribution in [3.8, 4) is 5.75 Å². The number of H-pyrrole nitrogens is 1. The van der Waals surface area contributed by atoms with Crippen molar-refractivity contribution in [3.05, 3.63) is 47.3 Å². The van der Waals surface area contributed by atoms with E-state index in [1.807, 2.05) is 0 Å². The highest BCUT2D eigenvalue weighted by Gasteiger charge is 2.50. The summed E-state index contributed by atoms with van der Waals surface area (Å²) in [6.45, 7) is -0.610. The summed E-state index contributed by atoms with van der Waals surface area (Å²) in [6, 6.07) is 4.40. The smallest absolute Gasteiger partial charge is 0.479 e. The largest absolute Gasteiger partial charge is 0.573 e. The molecule has 0 bridgehead atoms. The first-order valence-electron chi connectivity index (χ1n) is 11.5. The predicted molar refractivity (Wildman–Crippen MR) is 127 cm³/mol. The van der Waals surface area contributed by atoms with Gasteiger partial charge in [-0.1, -0.05) is 12.1 Å². The fraction of sp³-hybridized carbons (Fsp3) is 0.381. The van der Waals surface area contributed by atoms with E-state index < -0.39 is 61.2 Å². The van der Waals surface area contributed by atoms with Crippen molar-refractivity contribution in [1.29, 1.82) is 0 Å². The second-order valence-electron chi connectivity index (χ2n) is 8.81. The minimum Gasteiger partial charge on any atom is -0.479 e. The molecular formula is C21H19ClF3N9O7. The second-order valence-corrected chi connectivity index (χ2v) is 9.15. The number of aliphatic hydroxyl groups is 2. The number of nitrogens with two attached hydrogens (primary N) is 1. The number of anilines is 1. The first-order chi connectivity index (χ1) is 19.4. The number of rotatable bonds is 9. The normalized spacial score (nSPS) is 22.6. The summed E-state index contributed by atoms with van der Waals surface area (Å²) in [5.74, 6) is -2.48. The number of alkyl halides is 3. The predicted octanol–water partition coefficient (Wildman–Crippen LogP) is 0.332. The number of aliphatic carboxylic acids is 1. The van der Waals surface area contributed by atoms with Crippen molar-refractivity contribution in [2.75, 3.05) is 12.3 Å². The molecule has 5 atom stereocenters. The first-order valence-corrected chi connectivity index (χ1v) is 11.9. The van der Waals surface area contributed by atoms with Crippen LogP contribution >= 0.6 is 11.6 Å². The summed E-state index contributed by atoms with van der Waals surface area (Å²) in [5, 5.41) is 44.2. The van der Waals surface area contributed by atoms with E-state index in [9.17, 15) is 33.3 Å². The Kier molecular flexibility index (Phi) is 7.38. The zero-order chi connectivity index (χ0) is 29.5. The number of carboxylic acids is 1. The number of halogens is 4. The summed E-state index contributed by atoms with van der Waals surface area (Å²) in [4.78, 5) is 24.5. The van der Waals surface area contributed by atoms with Gasteiger partial charge in [0.05, 0.1) is 12.9 Å². The van der Waals surface area contributed by atoms with Gasteiger partial charge in [0.15, 0.2) is 23.5 Å².